The minimum atomic E-state index is -0.547. The normalized spacial score (nSPS) is 25.7. The van der Waals surface area contributed by atoms with Crippen LogP contribution < -0.4 is 10.6 Å². The highest BCUT2D eigenvalue weighted by Gasteiger charge is 2.39. The number of piperidine rings is 1. The molecule has 1 aromatic carbocycles. The predicted molar refractivity (Wildman–Crippen MR) is 99.6 cm³/mol. The Bertz CT molecular complexity index is 616. The van der Waals surface area contributed by atoms with Crippen LogP contribution >= 0.6 is 0 Å². The molecule has 0 radical (unpaired) electrons. The van der Waals surface area contributed by atoms with Gasteiger partial charge in [0.15, 0.2) is 0 Å². The SMILES string of the molecule is C[C@@]1(C(=O)NCc2ccccc2)CCCN(C(=O)NC[C@@H]2CCCO2)C1. The third-order valence-corrected chi connectivity index (χ3v) is 5.33. The molecule has 2 aliphatic rings. The number of nitrogens with one attached hydrogen (secondary N) is 2. The van der Waals surface area contributed by atoms with E-state index in [4.69, 9.17) is 4.74 Å². The van der Waals surface area contributed by atoms with Crippen LogP contribution in [0.25, 0.3) is 0 Å². The molecule has 6 nitrogen and oxygen atoms in total. The second kappa shape index (κ2) is 8.54. The molecule has 2 N–H and O–H groups in total. The first-order chi connectivity index (χ1) is 12.6. The molecule has 3 rings (SSSR count). The van der Waals surface area contributed by atoms with Crippen molar-refractivity contribution in [1.29, 1.82) is 0 Å². The Labute approximate surface area is 155 Å². The third-order valence-electron chi connectivity index (χ3n) is 5.33. The molecule has 3 amide bonds. The number of nitrogens with zero attached hydrogens (tertiary/aromatic N) is 1. The van der Waals surface area contributed by atoms with Gasteiger partial charge in [-0.05, 0) is 38.2 Å². The van der Waals surface area contributed by atoms with E-state index in [2.05, 4.69) is 10.6 Å². The molecule has 0 aromatic heterocycles. The molecule has 0 aliphatic carbocycles. The molecule has 142 valence electrons. The van der Waals surface area contributed by atoms with E-state index in [1.807, 2.05) is 37.3 Å². The maximum atomic E-state index is 12.7. The first-order valence-corrected chi connectivity index (χ1v) is 9.53. The molecule has 2 aliphatic heterocycles. The number of hydrogen-bond acceptors (Lipinski definition) is 3. The van der Waals surface area contributed by atoms with Crippen LogP contribution in [0.3, 0.4) is 0 Å². The molecule has 2 fully saturated rings. The number of urea groups is 1. The van der Waals surface area contributed by atoms with Crippen molar-refractivity contribution in [3.05, 3.63) is 35.9 Å². The van der Waals surface area contributed by atoms with Crippen LogP contribution in [0, 0.1) is 5.41 Å². The van der Waals surface area contributed by atoms with Gasteiger partial charge in [0, 0.05) is 32.8 Å². The number of ether oxygens (including phenoxy) is 1. The smallest absolute Gasteiger partial charge is 0.317 e. The molecular weight excluding hydrogens is 330 g/mol. The summed E-state index contributed by atoms with van der Waals surface area (Å²) in [5.74, 6) is 0.0120. The fraction of sp³-hybridized carbons (Fsp3) is 0.600. The number of rotatable bonds is 5. The standard InChI is InChI=1S/C20H29N3O3/c1-20(18(24)21-13-16-7-3-2-4-8-16)10-6-11-23(15-20)19(25)22-14-17-9-5-12-26-17/h2-4,7-8,17H,5-6,9-15H2,1H3,(H,21,24)(H,22,25)/t17-,20+/m0/s1. The Kier molecular flexibility index (Phi) is 6.14. The van der Waals surface area contributed by atoms with Gasteiger partial charge in [0.25, 0.3) is 0 Å². The molecule has 2 heterocycles. The van der Waals surface area contributed by atoms with Crippen LogP contribution in [0.4, 0.5) is 4.79 Å². The highest BCUT2D eigenvalue weighted by molar-refractivity contribution is 5.84. The number of hydrogen-bond donors (Lipinski definition) is 2. The first-order valence-electron chi connectivity index (χ1n) is 9.53. The number of likely N-dealkylation sites (tertiary alicyclic amines) is 1. The topological polar surface area (TPSA) is 70.7 Å². The monoisotopic (exact) mass is 359 g/mol. The summed E-state index contributed by atoms with van der Waals surface area (Å²) in [7, 11) is 0. The first kappa shape index (κ1) is 18.7. The van der Waals surface area contributed by atoms with Crippen molar-refractivity contribution < 1.29 is 14.3 Å². The Morgan fingerprint density at radius 3 is 2.77 bits per heavy atom. The summed E-state index contributed by atoms with van der Waals surface area (Å²) in [5.41, 5.74) is 0.528. The molecule has 0 bridgehead atoms. The number of carbonyl (C=O) groups is 2. The van der Waals surface area contributed by atoms with Crippen LogP contribution in [0.2, 0.25) is 0 Å². The van der Waals surface area contributed by atoms with Gasteiger partial charge in [-0.15, -0.1) is 0 Å². The van der Waals surface area contributed by atoms with Gasteiger partial charge in [-0.1, -0.05) is 30.3 Å². The number of amides is 3. The van der Waals surface area contributed by atoms with Crippen LogP contribution in [-0.4, -0.2) is 49.2 Å². The summed E-state index contributed by atoms with van der Waals surface area (Å²) < 4.78 is 5.55. The van der Waals surface area contributed by atoms with Crippen molar-refractivity contribution in [2.24, 2.45) is 5.41 Å². The van der Waals surface area contributed by atoms with E-state index in [1.54, 1.807) is 4.90 Å². The maximum Gasteiger partial charge on any atom is 0.317 e. The Hall–Kier alpha value is -2.08. The van der Waals surface area contributed by atoms with Crippen molar-refractivity contribution in [2.75, 3.05) is 26.2 Å². The highest BCUT2D eigenvalue weighted by Crippen LogP contribution is 2.30. The average molecular weight is 359 g/mol. The second-order valence-electron chi connectivity index (χ2n) is 7.58. The van der Waals surface area contributed by atoms with Crippen molar-refractivity contribution in [1.82, 2.24) is 15.5 Å². The minimum Gasteiger partial charge on any atom is -0.376 e. The fourth-order valence-electron chi connectivity index (χ4n) is 3.71. The molecule has 26 heavy (non-hydrogen) atoms. The van der Waals surface area contributed by atoms with Crippen LogP contribution in [0.15, 0.2) is 30.3 Å². The Morgan fingerprint density at radius 2 is 2.04 bits per heavy atom. The van der Waals surface area contributed by atoms with Crippen molar-refractivity contribution in [3.8, 4) is 0 Å². The van der Waals surface area contributed by atoms with E-state index in [9.17, 15) is 9.59 Å². The van der Waals surface area contributed by atoms with Crippen molar-refractivity contribution >= 4 is 11.9 Å². The summed E-state index contributed by atoms with van der Waals surface area (Å²) in [5, 5.41) is 5.99. The fourth-order valence-corrected chi connectivity index (χ4v) is 3.71. The molecule has 2 atom stereocenters. The van der Waals surface area contributed by atoms with Crippen LogP contribution in [-0.2, 0) is 16.1 Å². The molecule has 0 unspecified atom stereocenters. The van der Waals surface area contributed by atoms with Gasteiger partial charge in [-0.25, -0.2) is 4.79 Å². The number of benzene rings is 1. The molecule has 6 heteroatoms. The average Bonchev–Trinajstić information content (AvgIpc) is 3.18. The summed E-state index contributed by atoms with van der Waals surface area (Å²) in [4.78, 5) is 27.0. The lowest BCUT2D eigenvalue weighted by Gasteiger charge is -2.39. The van der Waals surface area contributed by atoms with Gasteiger partial charge in [-0.2, -0.15) is 0 Å². The largest absolute Gasteiger partial charge is 0.376 e. The van der Waals surface area contributed by atoms with E-state index in [1.165, 1.54) is 0 Å². The lowest BCUT2D eigenvalue weighted by atomic mass is 9.81. The van der Waals surface area contributed by atoms with Gasteiger partial charge < -0.3 is 20.3 Å². The van der Waals surface area contributed by atoms with E-state index in [-0.39, 0.29) is 18.0 Å². The zero-order valence-corrected chi connectivity index (χ0v) is 15.5. The van der Waals surface area contributed by atoms with Crippen molar-refractivity contribution in [3.63, 3.8) is 0 Å². The van der Waals surface area contributed by atoms with Gasteiger partial charge >= 0.3 is 6.03 Å². The van der Waals surface area contributed by atoms with Crippen LogP contribution in [0.1, 0.15) is 38.2 Å². The summed E-state index contributed by atoms with van der Waals surface area (Å²) in [6.07, 6.45) is 3.82. The Morgan fingerprint density at radius 1 is 1.23 bits per heavy atom. The zero-order valence-electron chi connectivity index (χ0n) is 15.5. The lowest BCUT2D eigenvalue weighted by molar-refractivity contribution is -0.132. The van der Waals surface area contributed by atoms with E-state index < -0.39 is 5.41 Å². The molecule has 0 spiro atoms. The predicted octanol–water partition coefficient (Wildman–Crippen LogP) is 2.29. The lowest BCUT2D eigenvalue weighted by Crippen LogP contribution is -2.54. The van der Waals surface area contributed by atoms with E-state index in [0.717, 1.165) is 37.9 Å². The Balaban J connectivity index is 1.50. The molecular formula is C20H29N3O3. The maximum absolute atomic E-state index is 12.7. The molecule has 1 aromatic rings. The van der Waals surface area contributed by atoms with Crippen LogP contribution in [0.5, 0.6) is 0 Å². The zero-order chi connectivity index (χ0) is 18.4. The second-order valence-corrected chi connectivity index (χ2v) is 7.58. The van der Waals surface area contributed by atoms with Crippen molar-refractivity contribution in [2.45, 2.75) is 45.3 Å². The van der Waals surface area contributed by atoms with Gasteiger partial charge in [-0.3, -0.25) is 4.79 Å². The third kappa shape index (κ3) is 4.75. The number of carbonyl (C=O) groups excluding carboxylic acids is 2. The summed E-state index contributed by atoms with van der Waals surface area (Å²) in [6.45, 7) is 4.94. The molecule has 0 saturated carbocycles. The van der Waals surface area contributed by atoms with E-state index in [0.29, 0.717) is 26.2 Å². The summed E-state index contributed by atoms with van der Waals surface area (Å²) >= 11 is 0. The van der Waals surface area contributed by atoms with Gasteiger partial charge in [0.1, 0.15) is 0 Å². The summed E-state index contributed by atoms with van der Waals surface area (Å²) in [6, 6.07) is 9.78. The highest BCUT2D eigenvalue weighted by atomic mass is 16.5. The quantitative estimate of drug-likeness (QED) is 0.847. The van der Waals surface area contributed by atoms with Gasteiger partial charge in [0.05, 0.1) is 11.5 Å². The molecule has 2 saturated heterocycles. The minimum absolute atomic E-state index is 0.0120. The van der Waals surface area contributed by atoms with Gasteiger partial charge in [0.2, 0.25) is 5.91 Å². The van der Waals surface area contributed by atoms with E-state index >= 15 is 0 Å².